The Kier molecular flexibility index (Phi) is 7.99. The number of halogens is 1. The fraction of sp³-hybridized carbons (Fsp3) is 0.611. The Bertz CT molecular complexity index is 599. The van der Waals surface area contributed by atoms with E-state index in [2.05, 4.69) is 24.1 Å². The van der Waals surface area contributed by atoms with Gasteiger partial charge in [-0.3, -0.25) is 9.69 Å². The van der Waals surface area contributed by atoms with E-state index >= 15 is 0 Å². The second-order valence-electron chi connectivity index (χ2n) is 7.06. The fourth-order valence-electron chi connectivity index (χ4n) is 3.18. The number of nitrogens with one attached hydrogen (secondary N) is 1. The normalized spacial score (nSPS) is 19.2. The van der Waals surface area contributed by atoms with Gasteiger partial charge >= 0.3 is 0 Å². The molecule has 148 valence electrons. The van der Waals surface area contributed by atoms with Crippen molar-refractivity contribution >= 4 is 24.0 Å². The van der Waals surface area contributed by atoms with Crippen molar-refractivity contribution in [2.75, 3.05) is 46.3 Å². The lowest BCUT2D eigenvalue weighted by Gasteiger charge is -2.42. The maximum absolute atomic E-state index is 12.4. The predicted molar refractivity (Wildman–Crippen MR) is 105 cm³/mol. The standard InChI is InChI=1S/C18H29N3O4.ClH/c1-18(2)11-21(7-6-15(18)19)10-16(22)20-12-8-13(23-3)17(25-5)14(9-12)24-4;/h8-9,15H,6-7,10-11,19H2,1-5H3,(H,20,22);1H. The molecule has 0 radical (unpaired) electrons. The number of hydrogen-bond acceptors (Lipinski definition) is 6. The van der Waals surface area contributed by atoms with Gasteiger partial charge < -0.3 is 25.3 Å². The number of methoxy groups -OCH3 is 3. The van der Waals surface area contributed by atoms with Crippen molar-refractivity contribution in [3.8, 4) is 17.2 Å². The Morgan fingerprint density at radius 2 is 1.81 bits per heavy atom. The van der Waals surface area contributed by atoms with Crippen LogP contribution in [0.2, 0.25) is 0 Å². The number of nitrogens with two attached hydrogens (primary N) is 1. The summed E-state index contributed by atoms with van der Waals surface area (Å²) in [7, 11) is 4.63. The van der Waals surface area contributed by atoms with Crippen molar-refractivity contribution in [1.82, 2.24) is 4.90 Å². The second kappa shape index (κ2) is 9.30. The van der Waals surface area contributed by atoms with E-state index in [1.165, 1.54) is 0 Å². The number of carbonyl (C=O) groups is 1. The van der Waals surface area contributed by atoms with Crippen molar-refractivity contribution in [3.05, 3.63) is 12.1 Å². The van der Waals surface area contributed by atoms with Gasteiger partial charge in [0, 0.05) is 37.0 Å². The van der Waals surface area contributed by atoms with Crippen LogP contribution in [-0.4, -0.2) is 57.8 Å². The Hall–Kier alpha value is -1.70. The van der Waals surface area contributed by atoms with Crippen molar-refractivity contribution in [2.24, 2.45) is 11.1 Å². The maximum atomic E-state index is 12.4. The molecule has 2 rings (SSSR count). The first-order valence-corrected chi connectivity index (χ1v) is 8.38. The molecule has 8 heteroatoms. The largest absolute Gasteiger partial charge is 0.493 e. The Balaban J connectivity index is 0.00000338. The number of likely N-dealkylation sites (tertiary alicyclic amines) is 1. The summed E-state index contributed by atoms with van der Waals surface area (Å²) in [5, 5.41) is 2.90. The molecule has 1 aliphatic rings. The fourth-order valence-corrected chi connectivity index (χ4v) is 3.18. The van der Waals surface area contributed by atoms with Crippen LogP contribution in [0.4, 0.5) is 5.69 Å². The Labute approximate surface area is 161 Å². The minimum atomic E-state index is -0.0828. The maximum Gasteiger partial charge on any atom is 0.238 e. The number of carbonyl (C=O) groups excluding carboxylic acids is 1. The molecule has 1 aromatic carbocycles. The molecule has 0 aliphatic carbocycles. The van der Waals surface area contributed by atoms with Crippen LogP contribution in [0.25, 0.3) is 0 Å². The van der Waals surface area contributed by atoms with Crippen LogP contribution in [0.1, 0.15) is 20.3 Å². The van der Waals surface area contributed by atoms with Crippen LogP contribution in [0.5, 0.6) is 17.2 Å². The molecule has 1 aliphatic heterocycles. The molecule has 1 amide bonds. The summed E-state index contributed by atoms with van der Waals surface area (Å²) in [5.41, 5.74) is 6.76. The van der Waals surface area contributed by atoms with Gasteiger partial charge in [0.05, 0.1) is 27.9 Å². The van der Waals surface area contributed by atoms with Gasteiger partial charge in [-0.2, -0.15) is 0 Å². The van der Waals surface area contributed by atoms with Crippen LogP contribution in [-0.2, 0) is 4.79 Å². The first-order valence-electron chi connectivity index (χ1n) is 8.38. The van der Waals surface area contributed by atoms with E-state index in [0.29, 0.717) is 29.5 Å². The molecule has 0 bridgehead atoms. The molecule has 7 nitrogen and oxygen atoms in total. The SMILES string of the molecule is COc1cc(NC(=O)CN2CCC(N)C(C)(C)C2)cc(OC)c1OC.Cl. The summed E-state index contributed by atoms with van der Waals surface area (Å²) in [4.78, 5) is 14.6. The van der Waals surface area contributed by atoms with Crippen molar-refractivity contribution in [1.29, 1.82) is 0 Å². The van der Waals surface area contributed by atoms with Crippen molar-refractivity contribution < 1.29 is 19.0 Å². The third-order valence-corrected chi connectivity index (χ3v) is 4.71. The number of hydrogen-bond donors (Lipinski definition) is 2. The first-order chi connectivity index (χ1) is 11.8. The molecule has 26 heavy (non-hydrogen) atoms. The topological polar surface area (TPSA) is 86.1 Å². The third-order valence-electron chi connectivity index (χ3n) is 4.71. The zero-order valence-electron chi connectivity index (χ0n) is 16.1. The van der Waals surface area contributed by atoms with E-state index in [0.717, 1.165) is 19.5 Å². The molecule has 1 unspecified atom stereocenters. The summed E-state index contributed by atoms with van der Waals surface area (Å²) in [6, 6.07) is 3.60. The highest BCUT2D eigenvalue weighted by molar-refractivity contribution is 5.93. The minimum Gasteiger partial charge on any atom is -0.493 e. The molecule has 0 spiro atoms. The molecule has 1 atom stereocenters. The quantitative estimate of drug-likeness (QED) is 0.777. The number of nitrogens with zero attached hydrogens (tertiary/aromatic N) is 1. The molecule has 0 saturated carbocycles. The Morgan fingerprint density at radius 1 is 1.23 bits per heavy atom. The molecule has 1 fully saturated rings. The average Bonchev–Trinajstić information content (AvgIpc) is 2.56. The van der Waals surface area contributed by atoms with Gasteiger partial charge in [-0.15, -0.1) is 12.4 Å². The first kappa shape index (κ1) is 22.3. The van der Waals surface area contributed by atoms with Crippen molar-refractivity contribution in [2.45, 2.75) is 26.3 Å². The van der Waals surface area contributed by atoms with E-state index in [4.69, 9.17) is 19.9 Å². The number of amides is 1. The predicted octanol–water partition coefficient (Wildman–Crippen LogP) is 2.13. The third kappa shape index (κ3) is 5.16. The zero-order valence-corrected chi connectivity index (χ0v) is 16.9. The van der Waals surface area contributed by atoms with E-state index < -0.39 is 0 Å². The molecule has 1 aromatic rings. The van der Waals surface area contributed by atoms with Gasteiger partial charge in [-0.1, -0.05) is 13.8 Å². The summed E-state index contributed by atoms with van der Waals surface area (Å²) in [5.74, 6) is 1.42. The molecule has 0 aromatic heterocycles. The highest BCUT2D eigenvalue weighted by atomic mass is 35.5. The summed E-state index contributed by atoms with van der Waals surface area (Å²) >= 11 is 0. The van der Waals surface area contributed by atoms with Gasteiger partial charge in [0.25, 0.3) is 0 Å². The highest BCUT2D eigenvalue weighted by Gasteiger charge is 2.33. The summed E-state index contributed by atoms with van der Waals surface area (Å²) in [6.07, 6.45) is 0.893. The van der Waals surface area contributed by atoms with Crippen LogP contribution >= 0.6 is 12.4 Å². The van der Waals surface area contributed by atoms with Gasteiger partial charge in [0.2, 0.25) is 11.7 Å². The number of anilines is 1. The highest BCUT2D eigenvalue weighted by Crippen LogP contribution is 2.39. The smallest absolute Gasteiger partial charge is 0.238 e. The second-order valence-corrected chi connectivity index (χ2v) is 7.06. The molecule has 1 heterocycles. The summed E-state index contributed by atoms with van der Waals surface area (Å²) in [6.45, 7) is 6.23. The lowest BCUT2D eigenvalue weighted by molar-refractivity contribution is -0.118. The molecular weight excluding hydrogens is 358 g/mol. The molecular formula is C18H30ClN3O4. The van der Waals surface area contributed by atoms with E-state index in [9.17, 15) is 4.79 Å². The lowest BCUT2D eigenvalue weighted by Crippen LogP contribution is -2.53. The summed E-state index contributed by atoms with van der Waals surface area (Å²) < 4.78 is 15.9. The monoisotopic (exact) mass is 387 g/mol. The van der Waals surface area contributed by atoms with Gasteiger partial charge in [-0.05, 0) is 11.8 Å². The van der Waals surface area contributed by atoms with Crippen molar-refractivity contribution in [3.63, 3.8) is 0 Å². The average molecular weight is 388 g/mol. The molecule has 3 N–H and O–H groups in total. The van der Waals surface area contributed by atoms with Gasteiger partial charge in [0.15, 0.2) is 11.5 Å². The van der Waals surface area contributed by atoms with E-state index in [1.807, 2.05) is 0 Å². The van der Waals surface area contributed by atoms with Gasteiger partial charge in [0.1, 0.15) is 0 Å². The number of ether oxygens (including phenoxy) is 3. The zero-order chi connectivity index (χ0) is 18.6. The van der Waals surface area contributed by atoms with Gasteiger partial charge in [-0.25, -0.2) is 0 Å². The van der Waals surface area contributed by atoms with Crippen LogP contribution in [0, 0.1) is 5.41 Å². The number of rotatable bonds is 6. The molecule has 1 saturated heterocycles. The van der Waals surface area contributed by atoms with E-state index in [-0.39, 0.29) is 29.8 Å². The van der Waals surface area contributed by atoms with Crippen LogP contribution < -0.4 is 25.3 Å². The van der Waals surface area contributed by atoms with Crippen LogP contribution in [0.15, 0.2) is 12.1 Å². The number of benzene rings is 1. The van der Waals surface area contributed by atoms with Crippen LogP contribution in [0.3, 0.4) is 0 Å². The lowest BCUT2D eigenvalue weighted by atomic mass is 9.80. The Morgan fingerprint density at radius 3 is 2.27 bits per heavy atom. The minimum absolute atomic E-state index is 0. The van der Waals surface area contributed by atoms with E-state index in [1.54, 1.807) is 33.5 Å². The number of piperidine rings is 1.